The average molecular weight is 448 g/mol. The molecule has 0 spiro atoms. The van der Waals surface area contributed by atoms with Crippen molar-refractivity contribution in [2.45, 2.75) is 18.4 Å². The van der Waals surface area contributed by atoms with E-state index >= 15 is 0 Å². The third-order valence-corrected chi connectivity index (χ3v) is 6.33. The lowest BCUT2D eigenvalue weighted by atomic mass is 9.94. The molecule has 1 heterocycles. The van der Waals surface area contributed by atoms with Crippen molar-refractivity contribution < 1.29 is 12.9 Å². The highest BCUT2D eigenvalue weighted by molar-refractivity contribution is 7.90. The number of sulfone groups is 1. The average Bonchev–Trinajstić information content (AvgIpc) is 3.24. The molecule has 3 aromatic carbocycles. The summed E-state index contributed by atoms with van der Waals surface area (Å²) in [5.41, 5.74) is 6.14. The van der Waals surface area contributed by atoms with Crippen molar-refractivity contribution in [1.82, 2.24) is 15.0 Å². The van der Waals surface area contributed by atoms with Crippen LogP contribution in [0.4, 0.5) is 0 Å². The first kappa shape index (κ1) is 21.9. The van der Waals surface area contributed by atoms with Gasteiger partial charge in [-0.15, -0.1) is 0 Å². The molecule has 0 aliphatic heterocycles. The van der Waals surface area contributed by atoms with Crippen molar-refractivity contribution in [1.29, 1.82) is 0 Å². The van der Waals surface area contributed by atoms with Gasteiger partial charge in [0.15, 0.2) is 9.84 Å². The fourth-order valence-electron chi connectivity index (χ4n) is 3.66. The number of hydrogen-bond acceptors (Lipinski definition) is 6. The van der Waals surface area contributed by atoms with E-state index in [1.165, 1.54) is 22.9 Å². The summed E-state index contributed by atoms with van der Waals surface area (Å²) in [6.45, 7) is 2.87. The van der Waals surface area contributed by atoms with Crippen LogP contribution in [0.25, 0.3) is 34.0 Å². The first-order valence-corrected chi connectivity index (χ1v) is 12.1. The fourth-order valence-corrected chi connectivity index (χ4v) is 4.33. The van der Waals surface area contributed by atoms with E-state index in [9.17, 15) is 8.42 Å². The Morgan fingerprint density at radius 2 is 1.69 bits per heavy atom. The number of benzene rings is 3. The lowest BCUT2D eigenvalue weighted by molar-refractivity contribution is 0.403. The predicted molar refractivity (Wildman–Crippen MR) is 126 cm³/mol. The summed E-state index contributed by atoms with van der Waals surface area (Å²) in [4.78, 5) is 6.87. The highest BCUT2D eigenvalue weighted by Crippen LogP contribution is 2.32. The molecule has 7 heteroatoms. The van der Waals surface area contributed by atoms with Crippen LogP contribution in [0.5, 0.6) is 0 Å². The molecule has 0 aliphatic carbocycles. The van der Waals surface area contributed by atoms with E-state index in [-0.39, 0.29) is 4.90 Å². The largest absolute Gasteiger partial charge is 0.334 e. The molecule has 4 aromatic rings. The Labute approximate surface area is 188 Å². The van der Waals surface area contributed by atoms with Crippen LogP contribution in [0, 0.1) is 6.92 Å². The third-order valence-electron chi connectivity index (χ3n) is 5.22. The Morgan fingerprint density at radius 3 is 2.41 bits per heavy atom. The minimum absolute atomic E-state index is 0.220. The SMILES string of the molecule is Cc1ccccc1-c1ccc(-c2nc(-c3cccc(S(C)(=O)=O)c3)no2)cc1CN(C)C. The number of rotatable bonds is 6. The van der Waals surface area contributed by atoms with Crippen LogP contribution < -0.4 is 0 Å². The molecule has 0 amide bonds. The van der Waals surface area contributed by atoms with Crippen LogP contribution in [-0.2, 0) is 16.4 Å². The van der Waals surface area contributed by atoms with Crippen LogP contribution in [0.2, 0.25) is 0 Å². The molecule has 0 bridgehead atoms. The molecule has 0 N–H and O–H groups in total. The molecule has 1 aromatic heterocycles. The Balaban J connectivity index is 1.74. The topological polar surface area (TPSA) is 76.3 Å². The monoisotopic (exact) mass is 447 g/mol. The standard InChI is InChI=1S/C25H25N3O3S/c1-17-8-5-6-11-22(17)23-13-12-19(14-20(23)16-28(2)3)25-26-24(27-31-25)18-9-7-10-21(15-18)32(4,29)30/h5-15H,16H2,1-4H3. The first-order valence-electron chi connectivity index (χ1n) is 10.2. The van der Waals surface area contributed by atoms with E-state index in [4.69, 9.17) is 4.52 Å². The van der Waals surface area contributed by atoms with Crippen LogP contribution in [0.15, 0.2) is 76.1 Å². The predicted octanol–water partition coefficient (Wildman–Crippen LogP) is 4.84. The fraction of sp³-hybridized carbons (Fsp3) is 0.200. The molecule has 164 valence electrons. The molecule has 0 saturated carbocycles. The minimum atomic E-state index is -3.32. The molecule has 32 heavy (non-hydrogen) atoms. The molecule has 6 nitrogen and oxygen atoms in total. The second kappa shape index (κ2) is 8.68. The Bertz CT molecular complexity index is 1370. The third kappa shape index (κ3) is 4.64. The Morgan fingerprint density at radius 1 is 0.906 bits per heavy atom. The zero-order chi connectivity index (χ0) is 22.9. The molecule has 0 saturated heterocycles. The molecular weight excluding hydrogens is 422 g/mol. The minimum Gasteiger partial charge on any atom is -0.334 e. The van der Waals surface area contributed by atoms with Crippen molar-refractivity contribution in [2.75, 3.05) is 20.4 Å². The van der Waals surface area contributed by atoms with E-state index in [0.29, 0.717) is 17.3 Å². The summed E-state index contributed by atoms with van der Waals surface area (Å²) in [6.07, 6.45) is 1.18. The van der Waals surface area contributed by atoms with E-state index < -0.39 is 9.84 Å². The number of aryl methyl sites for hydroxylation is 1. The van der Waals surface area contributed by atoms with Gasteiger partial charge in [-0.05, 0) is 67.5 Å². The van der Waals surface area contributed by atoms with Gasteiger partial charge in [-0.1, -0.05) is 47.6 Å². The summed E-state index contributed by atoms with van der Waals surface area (Å²) < 4.78 is 29.3. The normalized spacial score (nSPS) is 11.8. The van der Waals surface area contributed by atoms with Gasteiger partial charge in [0.1, 0.15) is 0 Å². The molecule has 4 rings (SSSR count). The quantitative estimate of drug-likeness (QED) is 0.421. The second-order valence-corrected chi connectivity index (χ2v) is 10.2. The van der Waals surface area contributed by atoms with Gasteiger partial charge in [-0.2, -0.15) is 4.98 Å². The van der Waals surface area contributed by atoms with Crippen molar-refractivity contribution in [3.8, 4) is 34.0 Å². The molecule has 0 fully saturated rings. The number of nitrogens with zero attached hydrogens (tertiary/aromatic N) is 3. The van der Waals surface area contributed by atoms with Gasteiger partial charge in [0.2, 0.25) is 5.82 Å². The van der Waals surface area contributed by atoms with E-state index in [1.807, 2.05) is 32.3 Å². The van der Waals surface area contributed by atoms with Gasteiger partial charge in [0, 0.05) is 23.9 Å². The highest BCUT2D eigenvalue weighted by atomic mass is 32.2. The Hall–Kier alpha value is -3.29. The smallest absolute Gasteiger partial charge is 0.258 e. The maximum absolute atomic E-state index is 11.9. The maximum atomic E-state index is 11.9. The van der Waals surface area contributed by atoms with Gasteiger partial charge in [0.25, 0.3) is 5.89 Å². The zero-order valence-corrected chi connectivity index (χ0v) is 19.3. The van der Waals surface area contributed by atoms with E-state index in [1.54, 1.807) is 24.3 Å². The van der Waals surface area contributed by atoms with E-state index in [0.717, 1.165) is 17.7 Å². The van der Waals surface area contributed by atoms with Crippen LogP contribution in [0.1, 0.15) is 11.1 Å². The number of aromatic nitrogens is 2. The van der Waals surface area contributed by atoms with Gasteiger partial charge in [-0.25, -0.2) is 8.42 Å². The van der Waals surface area contributed by atoms with Crippen LogP contribution in [-0.4, -0.2) is 43.8 Å². The molecule has 0 radical (unpaired) electrons. The zero-order valence-electron chi connectivity index (χ0n) is 18.5. The van der Waals surface area contributed by atoms with Gasteiger partial charge < -0.3 is 9.42 Å². The first-order chi connectivity index (χ1) is 15.2. The van der Waals surface area contributed by atoms with E-state index in [2.05, 4.69) is 46.2 Å². The summed E-state index contributed by atoms with van der Waals surface area (Å²) in [5.74, 6) is 0.740. The molecular formula is C25H25N3O3S. The Kier molecular flexibility index (Phi) is 5.95. The summed E-state index contributed by atoms with van der Waals surface area (Å²) in [6, 6.07) is 21.0. The maximum Gasteiger partial charge on any atom is 0.258 e. The van der Waals surface area contributed by atoms with Gasteiger partial charge in [0.05, 0.1) is 4.90 Å². The summed E-state index contributed by atoms with van der Waals surface area (Å²) in [7, 11) is 0.750. The van der Waals surface area contributed by atoms with Crippen LogP contribution in [0.3, 0.4) is 0 Å². The van der Waals surface area contributed by atoms with Crippen molar-refractivity contribution in [2.24, 2.45) is 0 Å². The molecule has 0 unspecified atom stereocenters. The molecule has 0 aliphatic rings. The highest BCUT2D eigenvalue weighted by Gasteiger charge is 2.16. The summed E-state index contributed by atoms with van der Waals surface area (Å²) in [5, 5.41) is 4.08. The molecule has 0 atom stereocenters. The van der Waals surface area contributed by atoms with Gasteiger partial charge in [-0.3, -0.25) is 0 Å². The van der Waals surface area contributed by atoms with Crippen molar-refractivity contribution in [3.63, 3.8) is 0 Å². The summed E-state index contributed by atoms with van der Waals surface area (Å²) >= 11 is 0. The van der Waals surface area contributed by atoms with Crippen LogP contribution >= 0.6 is 0 Å². The van der Waals surface area contributed by atoms with Gasteiger partial charge >= 0.3 is 0 Å². The lowest BCUT2D eigenvalue weighted by Gasteiger charge is -2.16. The lowest BCUT2D eigenvalue weighted by Crippen LogP contribution is -2.11. The van der Waals surface area contributed by atoms with Crippen molar-refractivity contribution >= 4 is 9.84 Å². The number of hydrogen-bond donors (Lipinski definition) is 0. The van der Waals surface area contributed by atoms with Crippen molar-refractivity contribution in [3.05, 3.63) is 77.9 Å². The second-order valence-electron chi connectivity index (χ2n) is 8.15.